The van der Waals surface area contributed by atoms with E-state index in [4.69, 9.17) is 11.5 Å². The summed E-state index contributed by atoms with van der Waals surface area (Å²) < 4.78 is 0. The zero-order valence-corrected chi connectivity index (χ0v) is 10.8. The molecule has 1 rings (SSSR count). The molecule has 0 spiro atoms. The molecule has 7 N–H and O–H groups in total. The van der Waals surface area contributed by atoms with E-state index in [2.05, 4.69) is 16.0 Å². The summed E-state index contributed by atoms with van der Waals surface area (Å²) in [5, 5.41) is 7.61. The summed E-state index contributed by atoms with van der Waals surface area (Å²) in [6, 6.07) is 6.26. The second kappa shape index (κ2) is 7.22. The molecule has 1 aromatic rings. The van der Waals surface area contributed by atoms with Crippen LogP contribution in [0.2, 0.25) is 0 Å². The molecule has 0 heterocycles. The van der Waals surface area contributed by atoms with Gasteiger partial charge in [-0.1, -0.05) is 12.1 Å². The van der Waals surface area contributed by atoms with Crippen LogP contribution in [-0.4, -0.2) is 25.2 Å². The number of carbonyl (C=O) groups excluding carboxylic acids is 2. The molecular weight excluding hydrogens is 246 g/mol. The number of primary amides is 1. The van der Waals surface area contributed by atoms with E-state index in [1.54, 1.807) is 12.1 Å². The molecule has 4 amide bonds. The van der Waals surface area contributed by atoms with Crippen LogP contribution in [0, 0.1) is 0 Å². The van der Waals surface area contributed by atoms with Gasteiger partial charge in [0.15, 0.2) is 0 Å². The first kappa shape index (κ1) is 14.8. The minimum absolute atomic E-state index is 0.0391. The average Bonchev–Trinajstić information content (AvgIpc) is 2.35. The first-order valence-corrected chi connectivity index (χ1v) is 5.92. The van der Waals surface area contributed by atoms with Crippen molar-refractivity contribution in [3.8, 4) is 0 Å². The summed E-state index contributed by atoms with van der Waals surface area (Å²) in [4.78, 5) is 21.9. The van der Waals surface area contributed by atoms with E-state index in [0.717, 1.165) is 5.56 Å². The summed E-state index contributed by atoms with van der Waals surface area (Å²) in [6.45, 7) is 2.47. The highest BCUT2D eigenvalue weighted by Gasteiger charge is 2.02. The zero-order valence-electron chi connectivity index (χ0n) is 10.8. The molecule has 0 aromatic heterocycles. The molecule has 0 saturated carbocycles. The fourth-order valence-electron chi connectivity index (χ4n) is 1.41. The van der Waals surface area contributed by atoms with Crippen LogP contribution in [0.3, 0.4) is 0 Å². The average molecular weight is 265 g/mol. The van der Waals surface area contributed by atoms with E-state index in [1.807, 2.05) is 19.1 Å². The normalized spacial score (nSPS) is 11.5. The molecule has 0 aliphatic carbocycles. The van der Waals surface area contributed by atoms with Crippen molar-refractivity contribution in [2.45, 2.75) is 13.0 Å². The Balaban J connectivity index is 2.33. The number of benzene rings is 1. The third-order valence-corrected chi connectivity index (χ3v) is 2.40. The van der Waals surface area contributed by atoms with Crippen LogP contribution in [0.5, 0.6) is 0 Å². The fraction of sp³-hybridized carbons (Fsp3) is 0.333. The van der Waals surface area contributed by atoms with Crippen LogP contribution < -0.4 is 27.4 Å². The molecule has 0 aliphatic heterocycles. The predicted molar refractivity (Wildman–Crippen MR) is 73.7 cm³/mol. The zero-order chi connectivity index (χ0) is 14.3. The van der Waals surface area contributed by atoms with Gasteiger partial charge in [-0.25, -0.2) is 9.59 Å². The topological polar surface area (TPSA) is 122 Å². The van der Waals surface area contributed by atoms with Gasteiger partial charge in [0.2, 0.25) is 0 Å². The Morgan fingerprint density at radius 2 is 1.74 bits per heavy atom. The largest absolute Gasteiger partial charge is 0.352 e. The highest BCUT2D eigenvalue weighted by atomic mass is 16.2. The van der Waals surface area contributed by atoms with Gasteiger partial charge in [-0.3, -0.25) is 0 Å². The van der Waals surface area contributed by atoms with Gasteiger partial charge in [-0.2, -0.15) is 0 Å². The Kier molecular flexibility index (Phi) is 5.62. The summed E-state index contributed by atoms with van der Waals surface area (Å²) in [7, 11) is 0. The van der Waals surface area contributed by atoms with Crippen LogP contribution in [0.1, 0.15) is 18.5 Å². The lowest BCUT2D eigenvalue weighted by Gasteiger charge is -2.09. The Hall–Kier alpha value is -2.28. The van der Waals surface area contributed by atoms with Crippen LogP contribution in [-0.2, 0) is 0 Å². The van der Waals surface area contributed by atoms with Gasteiger partial charge in [-0.05, 0) is 24.6 Å². The molecule has 1 atom stereocenters. The molecule has 0 aliphatic rings. The van der Waals surface area contributed by atoms with Gasteiger partial charge >= 0.3 is 12.1 Å². The SMILES string of the molecule is CC(N)c1ccc(NC(=O)NCCNC(N)=O)cc1. The summed E-state index contributed by atoms with van der Waals surface area (Å²) in [5.41, 5.74) is 12.3. The molecule has 0 bridgehead atoms. The quantitative estimate of drug-likeness (QED) is 0.498. The molecule has 104 valence electrons. The van der Waals surface area contributed by atoms with Crippen LogP contribution in [0.15, 0.2) is 24.3 Å². The van der Waals surface area contributed by atoms with Crippen molar-refractivity contribution in [3.63, 3.8) is 0 Å². The molecule has 7 nitrogen and oxygen atoms in total. The van der Waals surface area contributed by atoms with Gasteiger partial charge in [0.1, 0.15) is 0 Å². The van der Waals surface area contributed by atoms with Gasteiger partial charge in [-0.15, -0.1) is 0 Å². The highest BCUT2D eigenvalue weighted by Crippen LogP contribution is 2.13. The summed E-state index contributed by atoms with van der Waals surface area (Å²) >= 11 is 0. The third kappa shape index (κ3) is 5.73. The number of carbonyl (C=O) groups is 2. The van der Waals surface area contributed by atoms with Crippen molar-refractivity contribution in [2.24, 2.45) is 11.5 Å². The van der Waals surface area contributed by atoms with Crippen molar-refractivity contribution in [2.75, 3.05) is 18.4 Å². The van der Waals surface area contributed by atoms with Gasteiger partial charge in [0.25, 0.3) is 0 Å². The lowest BCUT2D eigenvalue weighted by molar-refractivity contribution is 0.246. The second-order valence-electron chi connectivity index (χ2n) is 4.08. The molecule has 19 heavy (non-hydrogen) atoms. The van der Waals surface area contributed by atoms with Crippen molar-refractivity contribution in [1.82, 2.24) is 10.6 Å². The number of anilines is 1. The second-order valence-corrected chi connectivity index (χ2v) is 4.08. The highest BCUT2D eigenvalue weighted by molar-refractivity contribution is 5.89. The Morgan fingerprint density at radius 1 is 1.16 bits per heavy atom. The van der Waals surface area contributed by atoms with Crippen LogP contribution in [0.25, 0.3) is 0 Å². The number of rotatable bonds is 5. The Morgan fingerprint density at radius 3 is 2.26 bits per heavy atom. The van der Waals surface area contributed by atoms with E-state index < -0.39 is 6.03 Å². The van der Waals surface area contributed by atoms with Gasteiger partial charge in [0, 0.05) is 24.8 Å². The van der Waals surface area contributed by atoms with Crippen molar-refractivity contribution >= 4 is 17.7 Å². The number of amides is 4. The monoisotopic (exact) mass is 265 g/mol. The molecule has 1 aromatic carbocycles. The standard InChI is InChI=1S/C12H19N5O2/c1-8(13)9-2-4-10(5-3-9)17-12(19)16-7-6-15-11(14)18/h2-5,8H,6-7,13H2,1H3,(H3,14,15,18)(H2,16,17,19). The Bertz CT molecular complexity index is 430. The van der Waals surface area contributed by atoms with Crippen LogP contribution >= 0.6 is 0 Å². The third-order valence-electron chi connectivity index (χ3n) is 2.40. The number of hydrogen-bond donors (Lipinski definition) is 5. The summed E-state index contributed by atoms with van der Waals surface area (Å²) in [6.07, 6.45) is 0. The maximum Gasteiger partial charge on any atom is 0.319 e. The van der Waals surface area contributed by atoms with E-state index >= 15 is 0 Å². The smallest absolute Gasteiger partial charge is 0.319 e. The fourth-order valence-corrected chi connectivity index (χ4v) is 1.41. The molecule has 0 radical (unpaired) electrons. The van der Waals surface area contributed by atoms with Crippen molar-refractivity contribution in [3.05, 3.63) is 29.8 Å². The molecule has 7 heteroatoms. The maximum absolute atomic E-state index is 11.5. The van der Waals surface area contributed by atoms with E-state index in [1.165, 1.54) is 0 Å². The molecule has 1 unspecified atom stereocenters. The Labute approximate surface area is 111 Å². The first-order valence-electron chi connectivity index (χ1n) is 5.92. The number of urea groups is 2. The first-order chi connectivity index (χ1) is 8.99. The maximum atomic E-state index is 11.5. The number of nitrogens with one attached hydrogen (secondary N) is 3. The molecular formula is C12H19N5O2. The van der Waals surface area contributed by atoms with Crippen molar-refractivity contribution < 1.29 is 9.59 Å². The lowest BCUT2D eigenvalue weighted by Crippen LogP contribution is -2.38. The predicted octanol–water partition coefficient (Wildman–Crippen LogP) is 0.496. The molecule has 0 saturated heterocycles. The number of nitrogens with two attached hydrogens (primary N) is 2. The van der Waals surface area contributed by atoms with E-state index in [9.17, 15) is 9.59 Å². The van der Waals surface area contributed by atoms with Gasteiger partial charge < -0.3 is 27.4 Å². The number of hydrogen-bond acceptors (Lipinski definition) is 3. The van der Waals surface area contributed by atoms with Crippen molar-refractivity contribution in [1.29, 1.82) is 0 Å². The summed E-state index contributed by atoms with van der Waals surface area (Å²) in [5.74, 6) is 0. The van der Waals surface area contributed by atoms with E-state index in [0.29, 0.717) is 12.2 Å². The minimum Gasteiger partial charge on any atom is -0.352 e. The lowest BCUT2D eigenvalue weighted by atomic mass is 10.1. The van der Waals surface area contributed by atoms with Gasteiger partial charge in [0.05, 0.1) is 0 Å². The van der Waals surface area contributed by atoms with E-state index in [-0.39, 0.29) is 18.6 Å². The minimum atomic E-state index is -0.617. The molecule has 0 fully saturated rings. The van der Waals surface area contributed by atoms with Crippen LogP contribution in [0.4, 0.5) is 15.3 Å².